The highest BCUT2D eigenvalue weighted by Gasteiger charge is 2.38. The fraction of sp³-hybridized carbons (Fsp3) is 1.00. The molecule has 19 heavy (non-hydrogen) atoms. The fourth-order valence-corrected chi connectivity index (χ4v) is 2.36. The molecule has 4 N–H and O–H groups in total. The van der Waals surface area contributed by atoms with Crippen LogP contribution in [-0.2, 0) is 14.2 Å². The molecule has 0 aromatic carbocycles. The maximum atomic E-state index is 9.69. The first-order valence-corrected chi connectivity index (χ1v) is 6.58. The zero-order chi connectivity index (χ0) is 14.0. The summed E-state index contributed by atoms with van der Waals surface area (Å²) in [6, 6.07) is 0. The van der Waals surface area contributed by atoms with E-state index in [-0.39, 0.29) is 25.2 Å². The van der Waals surface area contributed by atoms with Crippen molar-refractivity contribution >= 4 is 0 Å². The molecule has 7 atom stereocenters. The van der Waals surface area contributed by atoms with Crippen molar-refractivity contribution in [1.29, 1.82) is 0 Å². The monoisotopic (exact) mass is 278 g/mol. The molecule has 7 nitrogen and oxygen atoms in total. The van der Waals surface area contributed by atoms with E-state index in [4.69, 9.17) is 19.3 Å². The number of hydrogen-bond acceptors (Lipinski definition) is 7. The lowest BCUT2D eigenvalue weighted by Crippen LogP contribution is -2.52. The molecule has 0 aromatic heterocycles. The number of rotatable bonds is 3. The van der Waals surface area contributed by atoms with Crippen LogP contribution in [0.15, 0.2) is 0 Å². The summed E-state index contributed by atoms with van der Waals surface area (Å²) in [7, 11) is 0. The maximum absolute atomic E-state index is 9.69. The van der Waals surface area contributed by atoms with Gasteiger partial charge in [-0.05, 0) is 6.92 Å². The summed E-state index contributed by atoms with van der Waals surface area (Å²) in [5.74, 6) is 0. The van der Waals surface area contributed by atoms with Crippen molar-refractivity contribution in [2.75, 3.05) is 13.2 Å². The number of aliphatic hydroxyl groups is 4. The third-order valence-corrected chi connectivity index (χ3v) is 3.65. The van der Waals surface area contributed by atoms with Gasteiger partial charge in [0.05, 0.1) is 37.6 Å². The lowest BCUT2D eigenvalue weighted by atomic mass is 10.0. The predicted octanol–water partition coefficient (Wildman–Crippen LogP) is -1.63. The molecule has 0 aromatic rings. The van der Waals surface area contributed by atoms with Crippen LogP contribution in [0.5, 0.6) is 0 Å². The minimum atomic E-state index is -1.11. The van der Waals surface area contributed by atoms with Crippen LogP contribution >= 0.6 is 0 Å². The molecular weight excluding hydrogens is 256 g/mol. The van der Waals surface area contributed by atoms with Crippen molar-refractivity contribution in [3.8, 4) is 0 Å². The van der Waals surface area contributed by atoms with Crippen LogP contribution in [0.25, 0.3) is 0 Å². The Kier molecular flexibility index (Phi) is 5.13. The summed E-state index contributed by atoms with van der Waals surface area (Å²) in [6.07, 6.45) is -4.26. The molecule has 0 radical (unpaired) electrons. The molecule has 2 rings (SSSR count). The minimum absolute atomic E-state index is 0.125. The van der Waals surface area contributed by atoms with Gasteiger partial charge in [0.2, 0.25) is 0 Å². The number of aliphatic hydroxyl groups excluding tert-OH is 4. The van der Waals surface area contributed by atoms with E-state index >= 15 is 0 Å². The summed E-state index contributed by atoms with van der Waals surface area (Å²) >= 11 is 0. The quantitative estimate of drug-likeness (QED) is 0.491. The second-order valence-electron chi connectivity index (χ2n) is 5.18. The number of ether oxygens (including phenoxy) is 3. The van der Waals surface area contributed by atoms with Crippen molar-refractivity contribution in [2.24, 2.45) is 0 Å². The summed E-state index contributed by atoms with van der Waals surface area (Å²) in [6.45, 7) is 1.75. The summed E-state index contributed by atoms with van der Waals surface area (Å²) < 4.78 is 16.3. The third kappa shape index (κ3) is 3.63. The van der Waals surface area contributed by atoms with E-state index in [1.807, 2.05) is 0 Å². The van der Waals surface area contributed by atoms with Crippen molar-refractivity contribution in [1.82, 2.24) is 0 Å². The van der Waals surface area contributed by atoms with Gasteiger partial charge in [-0.15, -0.1) is 0 Å². The van der Waals surface area contributed by atoms with E-state index in [0.717, 1.165) is 0 Å². The highest BCUT2D eigenvalue weighted by atomic mass is 16.7. The second-order valence-corrected chi connectivity index (χ2v) is 5.18. The van der Waals surface area contributed by atoms with Gasteiger partial charge >= 0.3 is 0 Å². The standard InChI is InChI=1S/C12H22O7/c1-6-8(14)2-7(5-17-6)18-11-3-9(15)12(16)10(4-13)19-11/h6-16H,2-5H2,1H3/t6-,7?,8?,9?,10?,11?,12?/m0/s1. The Balaban J connectivity index is 1.85. The second kappa shape index (κ2) is 6.45. The highest BCUT2D eigenvalue weighted by Crippen LogP contribution is 2.25. The van der Waals surface area contributed by atoms with E-state index in [9.17, 15) is 15.3 Å². The van der Waals surface area contributed by atoms with Gasteiger partial charge in [-0.25, -0.2) is 0 Å². The Morgan fingerprint density at radius 3 is 2.53 bits per heavy atom. The van der Waals surface area contributed by atoms with E-state index in [2.05, 4.69) is 0 Å². The summed E-state index contributed by atoms with van der Waals surface area (Å²) in [4.78, 5) is 0. The molecule has 6 unspecified atom stereocenters. The van der Waals surface area contributed by atoms with Gasteiger partial charge in [0.25, 0.3) is 0 Å². The van der Waals surface area contributed by atoms with Crippen molar-refractivity contribution in [3.63, 3.8) is 0 Å². The van der Waals surface area contributed by atoms with Crippen LogP contribution in [0.1, 0.15) is 19.8 Å². The summed E-state index contributed by atoms with van der Waals surface area (Å²) in [5, 5.41) is 38.0. The highest BCUT2D eigenvalue weighted by molar-refractivity contribution is 4.83. The fourth-order valence-electron chi connectivity index (χ4n) is 2.36. The first-order valence-electron chi connectivity index (χ1n) is 6.58. The third-order valence-electron chi connectivity index (χ3n) is 3.65. The molecule has 112 valence electrons. The molecule has 0 saturated carbocycles. The van der Waals surface area contributed by atoms with Crippen LogP contribution in [0.4, 0.5) is 0 Å². The average molecular weight is 278 g/mol. The SMILES string of the molecule is C[C@@H]1OCC(OC2CC(O)C(O)C(CO)O2)CC1O. The van der Waals surface area contributed by atoms with E-state index in [1.165, 1.54) is 0 Å². The Bertz CT molecular complexity index is 287. The molecule has 2 heterocycles. The zero-order valence-electron chi connectivity index (χ0n) is 10.9. The van der Waals surface area contributed by atoms with Crippen molar-refractivity contribution in [2.45, 2.75) is 62.7 Å². The van der Waals surface area contributed by atoms with Gasteiger partial charge in [-0.1, -0.05) is 0 Å². The average Bonchev–Trinajstić information content (AvgIpc) is 2.38. The van der Waals surface area contributed by atoms with Crippen molar-refractivity contribution in [3.05, 3.63) is 0 Å². The molecule has 2 aliphatic rings. The molecule has 0 spiro atoms. The smallest absolute Gasteiger partial charge is 0.161 e. The van der Waals surface area contributed by atoms with E-state index in [0.29, 0.717) is 13.0 Å². The molecule has 2 saturated heterocycles. The van der Waals surface area contributed by atoms with Crippen LogP contribution in [0, 0.1) is 0 Å². The lowest BCUT2D eigenvalue weighted by Gasteiger charge is -2.39. The first kappa shape index (κ1) is 15.1. The first-order chi connectivity index (χ1) is 9.01. The van der Waals surface area contributed by atoms with Gasteiger partial charge in [0.15, 0.2) is 6.29 Å². The van der Waals surface area contributed by atoms with E-state index < -0.39 is 30.7 Å². The Hall–Kier alpha value is -0.280. The maximum Gasteiger partial charge on any atom is 0.161 e. The van der Waals surface area contributed by atoms with Crippen molar-refractivity contribution < 1.29 is 34.6 Å². The molecule has 0 bridgehead atoms. The van der Waals surface area contributed by atoms with E-state index in [1.54, 1.807) is 6.92 Å². The number of hydrogen-bond donors (Lipinski definition) is 4. The normalized spacial score (nSPS) is 48.2. The zero-order valence-corrected chi connectivity index (χ0v) is 10.9. The molecule has 2 aliphatic heterocycles. The van der Waals surface area contributed by atoms with Gasteiger partial charge in [-0.2, -0.15) is 0 Å². The van der Waals surface area contributed by atoms with Crippen LogP contribution in [0.3, 0.4) is 0 Å². The van der Waals surface area contributed by atoms with Crippen LogP contribution in [0.2, 0.25) is 0 Å². The largest absolute Gasteiger partial charge is 0.394 e. The van der Waals surface area contributed by atoms with Gasteiger partial charge in [0.1, 0.15) is 12.2 Å². The molecule has 0 amide bonds. The van der Waals surface area contributed by atoms with Crippen LogP contribution < -0.4 is 0 Å². The Morgan fingerprint density at radius 1 is 1.16 bits per heavy atom. The molecule has 7 heteroatoms. The summed E-state index contributed by atoms with van der Waals surface area (Å²) in [5.41, 5.74) is 0. The van der Waals surface area contributed by atoms with Gasteiger partial charge in [0, 0.05) is 12.8 Å². The topological polar surface area (TPSA) is 109 Å². The molecular formula is C12H22O7. The van der Waals surface area contributed by atoms with Crippen LogP contribution in [-0.4, -0.2) is 76.6 Å². The van der Waals surface area contributed by atoms with Gasteiger partial charge < -0.3 is 34.6 Å². The molecule has 0 aliphatic carbocycles. The predicted molar refractivity (Wildman–Crippen MR) is 63.3 cm³/mol. The van der Waals surface area contributed by atoms with Gasteiger partial charge in [-0.3, -0.25) is 0 Å². The Morgan fingerprint density at radius 2 is 1.89 bits per heavy atom. The Labute approximate surface area is 111 Å². The molecule has 2 fully saturated rings. The lowest BCUT2D eigenvalue weighted by molar-refractivity contribution is -0.282. The minimum Gasteiger partial charge on any atom is -0.394 e.